The maximum atomic E-state index is 5.81. The lowest BCUT2D eigenvalue weighted by Gasteiger charge is -2.34. The normalized spacial score (nSPS) is 24.2. The molecule has 0 bridgehead atoms. The Balaban J connectivity index is 2.37. The van der Waals surface area contributed by atoms with Crippen LogP contribution in [-0.2, 0) is 0 Å². The van der Waals surface area contributed by atoms with Crippen LogP contribution in [0.2, 0.25) is 0 Å². The molecule has 2 atom stereocenters. The first kappa shape index (κ1) is 14.5. The van der Waals surface area contributed by atoms with Crippen LogP contribution in [-0.4, -0.2) is 24.7 Å². The Hall–Kier alpha value is -0.910. The molecule has 1 aliphatic rings. The highest BCUT2D eigenvalue weighted by molar-refractivity contribution is 8.00. The molecule has 0 spiro atoms. The van der Waals surface area contributed by atoms with Gasteiger partial charge in [0, 0.05) is 16.4 Å². The van der Waals surface area contributed by atoms with Crippen molar-refractivity contribution >= 4 is 11.8 Å². The van der Waals surface area contributed by atoms with Crippen LogP contribution in [0.5, 0.6) is 11.5 Å². The fourth-order valence-corrected chi connectivity index (χ4v) is 4.09. The standard InChI is InChI=1S/C14H22N2O2S/c1-14(7-4-8-19-14)13(16-15)11-6-5-10(17-2)9-12(11)18-3/h5-6,9,13,16H,4,7-8,15H2,1-3H3. The molecule has 4 nitrogen and oxygen atoms in total. The van der Waals surface area contributed by atoms with Crippen molar-refractivity contribution < 1.29 is 9.47 Å². The van der Waals surface area contributed by atoms with E-state index in [4.69, 9.17) is 15.3 Å². The van der Waals surface area contributed by atoms with E-state index < -0.39 is 0 Å². The number of nitrogens with one attached hydrogen (secondary N) is 1. The van der Waals surface area contributed by atoms with Crippen molar-refractivity contribution in [1.29, 1.82) is 0 Å². The second-order valence-corrected chi connectivity index (χ2v) is 6.60. The molecule has 3 N–H and O–H groups in total. The fourth-order valence-electron chi connectivity index (χ4n) is 2.68. The number of thioether (sulfide) groups is 1. The van der Waals surface area contributed by atoms with Crippen molar-refractivity contribution in [2.24, 2.45) is 5.84 Å². The zero-order valence-electron chi connectivity index (χ0n) is 11.7. The summed E-state index contributed by atoms with van der Waals surface area (Å²) in [7, 11) is 3.33. The molecular weight excluding hydrogens is 260 g/mol. The van der Waals surface area contributed by atoms with Crippen LogP contribution in [0.25, 0.3) is 0 Å². The van der Waals surface area contributed by atoms with Crippen molar-refractivity contribution in [3.63, 3.8) is 0 Å². The maximum absolute atomic E-state index is 5.81. The minimum absolute atomic E-state index is 0.0702. The highest BCUT2D eigenvalue weighted by atomic mass is 32.2. The van der Waals surface area contributed by atoms with Crippen molar-refractivity contribution in [2.75, 3.05) is 20.0 Å². The summed E-state index contributed by atoms with van der Waals surface area (Å²) in [5.41, 5.74) is 4.06. The molecule has 1 fully saturated rings. The summed E-state index contributed by atoms with van der Waals surface area (Å²) in [6.45, 7) is 2.26. The Labute approximate surface area is 119 Å². The fraction of sp³-hybridized carbons (Fsp3) is 0.571. The van der Waals surface area contributed by atoms with E-state index in [2.05, 4.69) is 12.3 Å². The number of benzene rings is 1. The Bertz CT molecular complexity index is 433. The molecule has 0 aromatic heterocycles. The monoisotopic (exact) mass is 282 g/mol. The molecule has 19 heavy (non-hydrogen) atoms. The highest BCUT2D eigenvalue weighted by Gasteiger charge is 2.39. The minimum atomic E-state index is 0.0702. The molecule has 1 saturated heterocycles. The lowest BCUT2D eigenvalue weighted by Crippen LogP contribution is -2.41. The average Bonchev–Trinajstić information content (AvgIpc) is 2.87. The molecule has 2 rings (SSSR count). The second-order valence-electron chi connectivity index (χ2n) is 4.97. The molecule has 5 heteroatoms. The molecule has 0 radical (unpaired) electrons. The average molecular weight is 282 g/mol. The first-order chi connectivity index (χ1) is 9.14. The molecule has 1 aromatic rings. The zero-order chi connectivity index (χ0) is 13.9. The third kappa shape index (κ3) is 2.83. The van der Waals surface area contributed by atoms with E-state index in [0.29, 0.717) is 0 Å². The van der Waals surface area contributed by atoms with Crippen molar-refractivity contribution in [1.82, 2.24) is 5.43 Å². The number of methoxy groups -OCH3 is 2. The van der Waals surface area contributed by atoms with Gasteiger partial charge < -0.3 is 9.47 Å². The van der Waals surface area contributed by atoms with Crippen LogP contribution in [0.4, 0.5) is 0 Å². The topological polar surface area (TPSA) is 56.5 Å². The van der Waals surface area contributed by atoms with E-state index in [1.807, 2.05) is 30.0 Å². The molecule has 1 heterocycles. The van der Waals surface area contributed by atoms with E-state index in [1.54, 1.807) is 14.2 Å². The van der Waals surface area contributed by atoms with Gasteiger partial charge in [0.15, 0.2) is 0 Å². The zero-order valence-corrected chi connectivity index (χ0v) is 12.5. The summed E-state index contributed by atoms with van der Waals surface area (Å²) in [5.74, 6) is 8.61. The highest BCUT2D eigenvalue weighted by Crippen LogP contribution is 2.48. The van der Waals surface area contributed by atoms with E-state index >= 15 is 0 Å². The number of hydrogen-bond donors (Lipinski definition) is 2. The van der Waals surface area contributed by atoms with Crippen molar-refractivity contribution in [3.8, 4) is 11.5 Å². The van der Waals surface area contributed by atoms with Crippen molar-refractivity contribution in [2.45, 2.75) is 30.6 Å². The van der Waals surface area contributed by atoms with Gasteiger partial charge in [0.1, 0.15) is 11.5 Å². The lowest BCUT2D eigenvalue weighted by atomic mass is 9.90. The molecule has 0 amide bonds. The van der Waals surface area contributed by atoms with Crippen LogP contribution in [0.15, 0.2) is 18.2 Å². The van der Waals surface area contributed by atoms with Crippen LogP contribution in [0.1, 0.15) is 31.4 Å². The van der Waals surface area contributed by atoms with Crippen molar-refractivity contribution in [3.05, 3.63) is 23.8 Å². The number of ether oxygens (including phenoxy) is 2. The molecule has 2 unspecified atom stereocenters. The second kappa shape index (κ2) is 6.03. The van der Waals surface area contributed by atoms with Crippen LogP contribution < -0.4 is 20.7 Å². The summed E-state index contributed by atoms with van der Waals surface area (Å²) < 4.78 is 10.8. The van der Waals surface area contributed by atoms with Crippen LogP contribution in [0, 0.1) is 0 Å². The third-order valence-electron chi connectivity index (χ3n) is 3.78. The third-order valence-corrected chi connectivity index (χ3v) is 5.37. The van der Waals surface area contributed by atoms with E-state index in [9.17, 15) is 0 Å². The van der Waals surface area contributed by atoms with Gasteiger partial charge in [-0.05, 0) is 37.7 Å². The summed E-state index contributed by atoms with van der Waals surface area (Å²) in [6, 6.07) is 5.96. The van der Waals surface area contributed by atoms with Gasteiger partial charge >= 0.3 is 0 Å². The van der Waals surface area contributed by atoms with E-state index in [1.165, 1.54) is 12.2 Å². The van der Waals surface area contributed by atoms with Gasteiger partial charge in [-0.15, -0.1) is 0 Å². The molecule has 1 aromatic carbocycles. The smallest absolute Gasteiger partial charge is 0.127 e. The Kier molecular flexibility index (Phi) is 4.60. The number of rotatable bonds is 5. The lowest BCUT2D eigenvalue weighted by molar-refractivity contribution is 0.367. The van der Waals surface area contributed by atoms with Gasteiger partial charge in [-0.25, -0.2) is 0 Å². The molecular formula is C14H22N2O2S. The molecule has 0 aliphatic carbocycles. The van der Waals surface area contributed by atoms with Gasteiger partial charge in [-0.3, -0.25) is 11.3 Å². The van der Waals surface area contributed by atoms with Gasteiger partial charge in [-0.1, -0.05) is 0 Å². The quantitative estimate of drug-likeness (QED) is 0.642. The molecule has 0 saturated carbocycles. The van der Waals surface area contributed by atoms with E-state index in [0.717, 1.165) is 23.5 Å². The Morgan fingerprint density at radius 3 is 2.68 bits per heavy atom. The largest absolute Gasteiger partial charge is 0.497 e. The van der Waals surface area contributed by atoms with Gasteiger partial charge in [-0.2, -0.15) is 11.8 Å². The Morgan fingerprint density at radius 2 is 2.16 bits per heavy atom. The predicted molar refractivity (Wildman–Crippen MR) is 79.7 cm³/mol. The van der Waals surface area contributed by atoms with Gasteiger partial charge in [0.25, 0.3) is 0 Å². The van der Waals surface area contributed by atoms with E-state index in [-0.39, 0.29) is 10.8 Å². The van der Waals surface area contributed by atoms with Crippen LogP contribution >= 0.6 is 11.8 Å². The summed E-state index contributed by atoms with van der Waals surface area (Å²) in [4.78, 5) is 0. The molecule has 106 valence electrons. The number of hydrogen-bond acceptors (Lipinski definition) is 5. The van der Waals surface area contributed by atoms with Gasteiger partial charge in [0.05, 0.1) is 20.3 Å². The summed E-state index contributed by atoms with van der Waals surface area (Å²) in [5, 5.41) is 0. The summed E-state index contributed by atoms with van der Waals surface area (Å²) in [6.07, 6.45) is 2.39. The first-order valence-corrected chi connectivity index (χ1v) is 7.45. The molecule has 1 aliphatic heterocycles. The number of hydrazine groups is 1. The Morgan fingerprint density at radius 1 is 1.37 bits per heavy atom. The first-order valence-electron chi connectivity index (χ1n) is 6.46. The minimum Gasteiger partial charge on any atom is -0.497 e. The van der Waals surface area contributed by atoms with Gasteiger partial charge in [0.2, 0.25) is 0 Å². The SMILES string of the molecule is COc1ccc(C(NN)C2(C)CCCS2)c(OC)c1. The maximum Gasteiger partial charge on any atom is 0.127 e. The van der Waals surface area contributed by atoms with Crippen LogP contribution in [0.3, 0.4) is 0 Å². The number of nitrogens with two attached hydrogens (primary N) is 1. The summed E-state index contributed by atoms with van der Waals surface area (Å²) >= 11 is 1.97. The predicted octanol–water partition coefficient (Wildman–Crippen LogP) is 2.49.